The van der Waals surface area contributed by atoms with E-state index >= 15 is 0 Å². The van der Waals surface area contributed by atoms with Gasteiger partial charge in [0.2, 0.25) is 5.91 Å². The van der Waals surface area contributed by atoms with Gasteiger partial charge in [0.25, 0.3) is 0 Å². The molecule has 2 saturated heterocycles. The first-order valence-corrected chi connectivity index (χ1v) is 14.0. The number of halogens is 1. The molecule has 206 valence electrons. The number of aromatic nitrogens is 2. The lowest BCUT2D eigenvalue weighted by Crippen LogP contribution is -2.55. The largest absolute Gasteiger partial charge is 0.462 e. The Morgan fingerprint density at radius 3 is 2.82 bits per heavy atom. The molecule has 5 rings (SSSR count). The van der Waals surface area contributed by atoms with E-state index in [4.69, 9.17) is 26.3 Å². The third-order valence-corrected chi connectivity index (χ3v) is 8.67. The van der Waals surface area contributed by atoms with Crippen molar-refractivity contribution in [1.82, 2.24) is 19.8 Å². The van der Waals surface area contributed by atoms with E-state index in [1.807, 2.05) is 19.1 Å². The number of likely N-dealkylation sites (N-methyl/N-ethyl adjacent to an activating group) is 1. The van der Waals surface area contributed by atoms with Crippen molar-refractivity contribution in [3.8, 4) is 12.1 Å². The number of likely N-dealkylation sites (tertiary alicyclic amines) is 1. The third-order valence-electron chi connectivity index (χ3n) is 8.18. The molecule has 3 aliphatic heterocycles. The van der Waals surface area contributed by atoms with Gasteiger partial charge < -0.3 is 24.3 Å². The Labute approximate surface area is 235 Å². The quantitative estimate of drug-likeness (QED) is 0.484. The second kappa shape index (κ2) is 11.8. The molecular weight excluding hydrogens is 514 g/mol. The molecule has 1 aromatic heterocycles. The van der Waals surface area contributed by atoms with Crippen LogP contribution in [-0.4, -0.2) is 84.1 Å². The van der Waals surface area contributed by atoms with Crippen molar-refractivity contribution in [2.75, 3.05) is 56.2 Å². The molecule has 4 heterocycles. The van der Waals surface area contributed by atoms with E-state index in [-0.39, 0.29) is 18.4 Å². The number of ether oxygens (including phenoxy) is 1. The van der Waals surface area contributed by atoms with Crippen LogP contribution < -0.4 is 14.5 Å². The van der Waals surface area contributed by atoms with Gasteiger partial charge in [0.15, 0.2) is 0 Å². The lowest BCUT2D eigenvalue weighted by Gasteiger charge is -2.42. The summed E-state index contributed by atoms with van der Waals surface area (Å²) in [6.07, 6.45) is 4.60. The number of carbonyl (C=O) groups is 1. The number of hydrogen-bond donors (Lipinski definition) is 0. The van der Waals surface area contributed by atoms with Gasteiger partial charge in [0, 0.05) is 37.8 Å². The number of fused-ring (bicyclic) bond motifs is 1. The van der Waals surface area contributed by atoms with Gasteiger partial charge in [-0.1, -0.05) is 30.3 Å². The van der Waals surface area contributed by atoms with Gasteiger partial charge in [-0.25, -0.2) is 0 Å². The van der Waals surface area contributed by atoms with Crippen LogP contribution in [0.1, 0.15) is 36.1 Å². The van der Waals surface area contributed by atoms with E-state index in [1.165, 1.54) is 12.5 Å². The Morgan fingerprint density at radius 1 is 1.23 bits per heavy atom. The van der Waals surface area contributed by atoms with Crippen LogP contribution in [0, 0.1) is 18.3 Å². The zero-order valence-corrected chi connectivity index (χ0v) is 23.5. The topological polar surface area (TPSA) is 88.8 Å². The molecule has 0 unspecified atom stereocenters. The SMILES string of the molecule is C=CC(=O)N1CCN(c2nc(OC[C@@H]3CCCN3C)nc3c2CCN(c2cccc(C)c2Cl)C3)C[C@@H]1CC#N. The number of anilines is 2. The molecule has 10 heteroatoms. The maximum Gasteiger partial charge on any atom is 0.318 e. The number of carbonyl (C=O) groups excluding carboxylic acids is 1. The zero-order chi connectivity index (χ0) is 27.5. The normalized spacial score (nSPS) is 21.4. The summed E-state index contributed by atoms with van der Waals surface area (Å²) >= 11 is 6.69. The Morgan fingerprint density at radius 2 is 2.08 bits per heavy atom. The van der Waals surface area contributed by atoms with E-state index in [0.717, 1.165) is 59.3 Å². The van der Waals surface area contributed by atoms with Gasteiger partial charge in [0.05, 0.1) is 41.5 Å². The van der Waals surface area contributed by atoms with Crippen molar-refractivity contribution in [2.24, 2.45) is 0 Å². The highest BCUT2D eigenvalue weighted by Gasteiger charge is 2.33. The Balaban J connectivity index is 1.46. The van der Waals surface area contributed by atoms with Gasteiger partial charge in [0.1, 0.15) is 12.4 Å². The van der Waals surface area contributed by atoms with Crippen LogP contribution in [0.3, 0.4) is 0 Å². The summed E-state index contributed by atoms with van der Waals surface area (Å²) in [7, 11) is 2.13. The van der Waals surface area contributed by atoms with Gasteiger partial charge in [-0.15, -0.1) is 0 Å². The molecule has 3 aliphatic rings. The average molecular weight is 550 g/mol. The minimum absolute atomic E-state index is 0.144. The molecule has 0 N–H and O–H groups in total. The number of nitriles is 1. The molecular formula is C29H36ClN7O2. The van der Waals surface area contributed by atoms with Crippen LogP contribution in [0.5, 0.6) is 6.01 Å². The lowest BCUT2D eigenvalue weighted by atomic mass is 10.0. The van der Waals surface area contributed by atoms with Crippen molar-refractivity contribution in [3.63, 3.8) is 0 Å². The molecule has 0 spiro atoms. The summed E-state index contributed by atoms with van der Waals surface area (Å²) in [5.74, 6) is 0.702. The molecule has 1 aromatic carbocycles. The predicted octanol–water partition coefficient (Wildman–Crippen LogP) is 3.59. The van der Waals surface area contributed by atoms with E-state index in [0.29, 0.717) is 44.8 Å². The fraction of sp³-hybridized carbons (Fsp3) is 0.517. The minimum Gasteiger partial charge on any atom is -0.462 e. The Bertz CT molecular complexity index is 1280. The minimum atomic E-state index is -0.234. The number of piperazine rings is 1. The standard InChI is InChI=1S/C29H36ClN7O2/c1-4-26(38)37-16-15-36(17-21(37)10-12-31)28-23-11-14-35(25-9-5-7-20(2)27(25)30)18-24(23)32-29(33-28)39-19-22-8-6-13-34(22)3/h4-5,7,9,21-22H,1,6,8,10-11,13-19H2,2-3H3/t21-,22-/m0/s1. The number of rotatable bonds is 7. The van der Waals surface area contributed by atoms with Gasteiger partial charge in [-0.3, -0.25) is 4.79 Å². The predicted molar refractivity (Wildman–Crippen MR) is 152 cm³/mol. The molecule has 39 heavy (non-hydrogen) atoms. The van der Waals surface area contributed by atoms with E-state index < -0.39 is 0 Å². The summed E-state index contributed by atoms with van der Waals surface area (Å²) in [6.45, 7) is 10.3. The second-order valence-corrected chi connectivity index (χ2v) is 11.0. The van der Waals surface area contributed by atoms with Crippen molar-refractivity contribution in [3.05, 3.63) is 52.7 Å². The van der Waals surface area contributed by atoms with Crippen molar-refractivity contribution < 1.29 is 9.53 Å². The fourth-order valence-electron chi connectivity index (χ4n) is 5.89. The van der Waals surface area contributed by atoms with E-state index in [9.17, 15) is 10.1 Å². The summed E-state index contributed by atoms with van der Waals surface area (Å²) in [5, 5.41) is 10.2. The molecule has 0 radical (unpaired) electrons. The lowest BCUT2D eigenvalue weighted by molar-refractivity contribution is -0.128. The van der Waals surface area contributed by atoms with Crippen LogP contribution in [0.2, 0.25) is 5.02 Å². The summed E-state index contributed by atoms with van der Waals surface area (Å²) < 4.78 is 6.23. The van der Waals surface area contributed by atoms with E-state index in [2.05, 4.69) is 40.5 Å². The summed E-state index contributed by atoms with van der Waals surface area (Å²) in [5.41, 5.74) is 4.08. The molecule has 1 amide bonds. The molecule has 0 aliphatic carbocycles. The number of benzene rings is 1. The molecule has 0 bridgehead atoms. The molecule has 2 fully saturated rings. The number of nitrogens with zero attached hydrogens (tertiary/aromatic N) is 7. The maximum atomic E-state index is 12.5. The van der Waals surface area contributed by atoms with Crippen LogP contribution in [0.25, 0.3) is 0 Å². The first-order chi connectivity index (χ1) is 18.9. The number of aryl methyl sites for hydroxylation is 1. The highest BCUT2D eigenvalue weighted by molar-refractivity contribution is 6.34. The van der Waals surface area contributed by atoms with Gasteiger partial charge in [-0.2, -0.15) is 15.2 Å². The van der Waals surface area contributed by atoms with Crippen molar-refractivity contribution >= 4 is 29.0 Å². The first kappa shape index (κ1) is 27.2. The third kappa shape index (κ3) is 5.68. The molecule has 2 atom stereocenters. The molecule has 2 aromatic rings. The Hall–Kier alpha value is -3.35. The molecule has 0 saturated carbocycles. The summed E-state index contributed by atoms with van der Waals surface area (Å²) in [4.78, 5) is 30.8. The second-order valence-electron chi connectivity index (χ2n) is 10.6. The number of amides is 1. The highest BCUT2D eigenvalue weighted by atomic mass is 35.5. The van der Waals surface area contributed by atoms with Crippen LogP contribution in [0.15, 0.2) is 30.9 Å². The van der Waals surface area contributed by atoms with Gasteiger partial charge >= 0.3 is 6.01 Å². The average Bonchev–Trinajstić information content (AvgIpc) is 3.36. The van der Waals surface area contributed by atoms with Gasteiger partial charge in [-0.05, 0) is 57.5 Å². The Kier molecular flexibility index (Phi) is 8.24. The van der Waals surface area contributed by atoms with Crippen LogP contribution >= 0.6 is 11.6 Å². The van der Waals surface area contributed by atoms with Crippen LogP contribution in [0.4, 0.5) is 11.5 Å². The highest BCUT2D eigenvalue weighted by Crippen LogP contribution is 2.35. The van der Waals surface area contributed by atoms with Crippen LogP contribution in [-0.2, 0) is 17.8 Å². The van der Waals surface area contributed by atoms with Crippen molar-refractivity contribution in [1.29, 1.82) is 5.26 Å². The monoisotopic (exact) mass is 549 g/mol. The summed E-state index contributed by atoms with van der Waals surface area (Å²) in [6, 6.07) is 8.84. The first-order valence-electron chi connectivity index (χ1n) is 13.7. The zero-order valence-electron chi connectivity index (χ0n) is 22.8. The van der Waals surface area contributed by atoms with E-state index in [1.54, 1.807) is 4.90 Å². The number of hydrogen-bond acceptors (Lipinski definition) is 8. The van der Waals surface area contributed by atoms with Crippen molar-refractivity contribution in [2.45, 2.75) is 51.2 Å². The molecule has 9 nitrogen and oxygen atoms in total. The fourth-order valence-corrected chi connectivity index (χ4v) is 6.14. The smallest absolute Gasteiger partial charge is 0.318 e. The maximum absolute atomic E-state index is 12.5.